The Morgan fingerprint density at radius 1 is 0.929 bits per heavy atom. The molecule has 0 saturated carbocycles. The molecule has 1 nitrogen and oxygen atoms in total. The smallest absolute Gasteiger partial charge is 0.0212 e. The van der Waals surface area contributed by atoms with Crippen LogP contribution < -0.4 is 5.32 Å². The van der Waals surface area contributed by atoms with Crippen LogP contribution in [-0.2, 0) is 13.1 Å². The highest BCUT2D eigenvalue weighted by molar-refractivity contribution is 9.10. The van der Waals surface area contributed by atoms with Crippen molar-refractivity contribution in [1.29, 1.82) is 0 Å². The Bertz CT molecular complexity index is 505. The number of fused-ring (bicyclic) bond motifs is 2. The third-order valence-electron chi connectivity index (χ3n) is 2.75. The Morgan fingerprint density at radius 2 is 1.64 bits per heavy atom. The molecule has 0 radical (unpaired) electrons. The highest BCUT2D eigenvalue weighted by Crippen LogP contribution is 2.25. The van der Waals surface area contributed by atoms with Crippen LogP contribution in [0.4, 0.5) is 0 Å². The minimum atomic E-state index is 1.01. The van der Waals surface area contributed by atoms with E-state index in [9.17, 15) is 0 Å². The average molecular weight is 248 g/mol. The van der Waals surface area contributed by atoms with E-state index < -0.39 is 0 Å². The number of nitrogens with one attached hydrogen (secondary N) is 1. The van der Waals surface area contributed by atoms with Crippen LogP contribution in [0.3, 0.4) is 0 Å². The van der Waals surface area contributed by atoms with Gasteiger partial charge in [0, 0.05) is 17.6 Å². The largest absolute Gasteiger partial charge is 0.309 e. The van der Waals surface area contributed by atoms with Gasteiger partial charge in [0.05, 0.1) is 0 Å². The maximum atomic E-state index is 3.50. The van der Waals surface area contributed by atoms with Crippen LogP contribution in [0.2, 0.25) is 0 Å². The van der Waals surface area contributed by atoms with Gasteiger partial charge in [-0.2, -0.15) is 0 Å². The summed E-state index contributed by atoms with van der Waals surface area (Å²) in [5.41, 5.74) is 2.88. The molecule has 0 aliphatic carbocycles. The molecular formula is C12H10BrN. The van der Waals surface area contributed by atoms with Crippen LogP contribution in [0.5, 0.6) is 0 Å². The lowest BCUT2D eigenvalue weighted by Crippen LogP contribution is -1.99. The highest BCUT2D eigenvalue weighted by Gasteiger charge is 2.10. The standard InChI is InChI=1S/C12H10BrN/c13-12-2-1-8-3-10-6-14-7-11(10)4-9(8)5-12/h1-5,14H,6-7H2. The van der Waals surface area contributed by atoms with Gasteiger partial charge in [-0.3, -0.25) is 0 Å². The average Bonchev–Trinajstić information content (AvgIpc) is 2.61. The third-order valence-corrected chi connectivity index (χ3v) is 3.24. The summed E-state index contributed by atoms with van der Waals surface area (Å²) in [7, 11) is 0. The lowest BCUT2D eigenvalue weighted by atomic mass is 10.0. The summed E-state index contributed by atoms with van der Waals surface area (Å²) in [5, 5.41) is 6.02. The second-order valence-electron chi connectivity index (χ2n) is 3.72. The predicted molar refractivity (Wildman–Crippen MR) is 62.2 cm³/mol. The van der Waals surface area contributed by atoms with Crippen molar-refractivity contribution in [3.63, 3.8) is 0 Å². The van der Waals surface area contributed by atoms with Gasteiger partial charge in [0.15, 0.2) is 0 Å². The van der Waals surface area contributed by atoms with Gasteiger partial charge in [-0.05, 0) is 46.2 Å². The molecule has 0 spiro atoms. The summed E-state index contributed by atoms with van der Waals surface area (Å²) in [6, 6.07) is 11.0. The van der Waals surface area contributed by atoms with E-state index in [1.54, 1.807) is 0 Å². The summed E-state index contributed by atoms with van der Waals surface area (Å²) in [5.74, 6) is 0. The van der Waals surface area contributed by atoms with Crippen LogP contribution in [0.25, 0.3) is 10.8 Å². The number of benzene rings is 2. The second kappa shape index (κ2) is 3.07. The van der Waals surface area contributed by atoms with Crippen LogP contribution >= 0.6 is 15.9 Å². The minimum absolute atomic E-state index is 1.01. The molecule has 0 atom stereocenters. The molecule has 1 heterocycles. The van der Waals surface area contributed by atoms with E-state index >= 15 is 0 Å². The molecule has 0 aromatic heterocycles. The maximum Gasteiger partial charge on any atom is 0.0212 e. The van der Waals surface area contributed by atoms with Crippen LogP contribution in [0.15, 0.2) is 34.8 Å². The van der Waals surface area contributed by atoms with Crippen LogP contribution in [-0.4, -0.2) is 0 Å². The fraction of sp³-hybridized carbons (Fsp3) is 0.167. The zero-order valence-electron chi connectivity index (χ0n) is 7.68. The number of rotatable bonds is 0. The van der Waals surface area contributed by atoms with Gasteiger partial charge < -0.3 is 5.32 Å². The van der Waals surface area contributed by atoms with Crippen molar-refractivity contribution < 1.29 is 0 Å². The lowest BCUT2D eigenvalue weighted by molar-refractivity contribution is 0.765. The van der Waals surface area contributed by atoms with E-state index in [2.05, 4.69) is 51.6 Å². The minimum Gasteiger partial charge on any atom is -0.309 e. The molecule has 0 unspecified atom stereocenters. The van der Waals surface area contributed by atoms with E-state index in [4.69, 9.17) is 0 Å². The monoisotopic (exact) mass is 247 g/mol. The molecule has 0 fully saturated rings. The van der Waals surface area contributed by atoms with Crippen molar-refractivity contribution in [2.75, 3.05) is 0 Å². The first kappa shape index (κ1) is 8.45. The molecule has 2 heteroatoms. The van der Waals surface area contributed by atoms with Crippen molar-refractivity contribution in [1.82, 2.24) is 5.32 Å². The zero-order chi connectivity index (χ0) is 9.54. The van der Waals surface area contributed by atoms with Crippen LogP contribution in [0, 0.1) is 0 Å². The van der Waals surface area contributed by atoms with Crippen molar-refractivity contribution in [2.45, 2.75) is 13.1 Å². The van der Waals surface area contributed by atoms with Gasteiger partial charge >= 0.3 is 0 Å². The SMILES string of the molecule is Brc1ccc2cc3c(cc2c1)CNC3. The molecular weight excluding hydrogens is 238 g/mol. The first-order valence-corrected chi connectivity index (χ1v) is 5.54. The van der Waals surface area contributed by atoms with Crippen molar-refractivity contribution in [3.05, 3.63) is 45.9 Å². The van der Waals surface area contributed by atoms with E-state index in [1.807, 2.05) is 0 Å². The van der Waals surface area contributed by atoms with Gasteiger partial charge in [0.1, 0.15) is 0 Å². The molecule has 2 aromatic carbocycles. The Balaban J connectivity index is 2.33. The van der Waals surface area contributed by atoms with Gasteiger partial charge in [0.2, 0.25) is 0 Å². The second-order valence-corrected chi connectivity index (χ2v) is 4.63. The van der Waals surface area contributed by atoms with Gasteiger partial charge in [-0.25, -0.2) is 0 Å². The number of halogens is 1. The molecule has 0 saturated heterocycles. The van der Waals surface area contributed by atoms with Gasteiger partial charge in [-0.1, -0.05) is 22.0 Å². The summed E-state index contributed by atoms with van der Waals surface area (Å²) in [6.45, 7) is 2.03. The summed E-state index contributed by atoms with van der Waals surface area (Å²) in [4.78, 5) is 0. The molecule has 1 N–H and O–H groups in total. The Morgan fingerprint density at radius 3 is 2.43 bits per heavy atom. The van der Waals surface area contributed by atoms with E-state index in [0.29, 0.717) is 0 Å². The molecule has 0 bridgehead atoms. The maximum absolute atomic E-state index is 3.50. The normalized spacial score (nSPS) is 14.6. The highest BCUT2D eigenvalue weighted by atomic mass is 79.9. The first-order chi connectivity index (χ1) is 6.83. The summed E-state index contributed by atoms with van der Waals surface area (Å²) < 4.78 is 1.15. The van der Waals surface area contributed by atoms with Gasteiger partial charge in [-0.15, -0.1) is 0 Å². The molecule has 70 valence electrons. The molecule has 1 aliphatic heterocycles. The van der Waals surface area contributed by atoms with Crippen molar-refractivity contribution in [2.24, 2.45) is 0 Å². The van der Waals surface area contributed by atoms with Crippen LogP contribution in [0.1, 0.15) is 11.1 Å². The Kier molecular flexibility index (Phi) is 1.85. The first-order valence-electron chi connectivity index (χ1n) is 4.75. The lowest BCUT2D eigenvalue weighted by Gasteiger charge is -2.02. The Labute approximate surface area is 91.3 Å². The van der Waals surface area contributed by atoms with Crippen molar-refractivity contribution in [3.8, 4) is 0 Å². The number of hydrogen-bond donors (Lipinski definition) is 1. The van der Waals surface area contributed by atoms with Crippen molar-refractivity contribution >= 4 is 26.7 Å². The predicted octanol–water partition coefficient (Wildman–Crippen LogP) is 3.21. The molecule has 1 aliphatic rings. The fourth-order valence-electron chi connectivity index (χ4n) is 2.02. The molecule has 14 heavy (non-hydrogen) atoms. The van der Waals surface area contributed by atoms with E-state index in [-0.39, 0.29) is 0 Å². The quantitative estimate of drug-likeness (QED) is 0.754. The topological polar surface area (TPSA) is 12.0 Å². The van der Waals surface area contributed by atoms with E-state index in [1.165, 1.54) is 21.9 Å². The molecule has 2 aromatic rings. The number of hydrogen-bond acceptors (Lipinski definition) is 1. The van der Waals surface area contributed by atoms with Gasteiger partial charge in [0.25, 0.3) is 0 Å². The van der Waals surface area contributed by atoms with E-state index in [0.717, 1.165) is 17.6 Å². The molecule has 3 rings (SSSR count). The summed E-state index contributed by atoms with van der Waals surface area (Å²) in [6.07, 6.45) is 0. The fourth-order valence-corrected chi connectivity index (χ4v) is 2.40. The summed E-state index contributed by atoms with van der Waals surface area (Å²) >= 11 is 3.50. The zero-order valence-corrected chi connectivity index (χ0v) is 9.26. The molecule has 0 amide bonds. The Hall–Kier alpha value is -0.860. The third kappa shape index (κ3) is 1.26.